The van der Waals surface area contributed by atoms with Crippen molar-refractivity contribution in [3.63, 3.8) is 0 Å². The molecular formula is C24H29N3O4. The van der Waals surface area contributed by atoms with E-state index in [4.69, 9.17) is 19.2 Å². The summed E-state index contributed by atoms with van der Waals surface area (Å²) in [7, 11) is 1.64. The average Bonchev–Trinajstić information content (AvgIpc) is 3.45. The van der Waals surface area contributed by atoms with Crippen molar-refractivity contribution in [3.05, 3.63) is 54.4 Å². The second-order valence-electron chi connectivity index (χ2n) is 7.72. The minimum Gasteiger partial charge on any atom is -0.497 e. The van der Waals surface area contributed by atoms with Crippen LogP contribution in [0.4, 0.5) is 0 Å². The van der Waals surface area contributed by atoms with Crippen LogP contribution in [0.25, 0.3) is 11.0 Å². The number of para-hydroxylation sites is 2. The van der Waals surface area contributed by atoms with Crippen LogP contribution in [-0.2, 0) is 16.1 Å². The predicted molar refractivity (Wildman–Crippen MR) is 118 cm³/mol. The van der Waals surface area contributed by atoms with Crippen LogP contribution in [0.5, 0.6) is 11.5 Å². The van der Waals surface area contributed by atoms with Gasteiger partial charge in [-0.1, -0.05) is 18.2 Å². The summed E-state index contributed by atoms with van der Waals surface area (Å²) in [6.45, 7) is 3.92. The molecule has 1 N–H and O–H groups in total. The van der Waals surface area contributed by atoms with Crippen molar-refractivity contribution in [1.29, 1.82) is 0 Å². The number of benzene rings is 2. The number of rotatable bonds is 9. The lowest BCUT2D eigenvalue weighted by molar-refractivity contribution is -0.130. The normalized spacial score (nSPS) is 16.9. The topological polar surface area (TPSA) is 74.6 Å². The maximum atomic E-state index is 12.5. The maximum absolute atomic E-state index is 12.5. The number of aryl methyl sites for hydroxylation is 1. The maximum Gasteiger partial charge on any atom is 0.249 e. The molecule has 2 atom stereocenters. The molecule has 0 bridgehead atoms. The van der Waals surface area contributed by atoms with E-state index in [1.165, 1.54) is 0 Å². The molecule has 164 valence electrons. The highest BCUT2D eigenvalue weighted by Crippen LogP contribution is 2.23. The Balaban J connectivity index is 1.43. The standard InChI is InChI=1S/C24H29N3O4/c1-17(25-24(28)22-12-6-14-31-22)23-26-20-10-3-4-11-21(20)27(23)13-7-15-30-19-9-5-8-18(16-19)29-2/h3-5,8-11,16-17,22H,6-7,12-15H2,1-2H3,(H,25,28). The van der Waals surface area contributed by atoms with Crippen molar-refractivity contribution in [2.45, 2.75) is 44.9 Å². The lowest BCUT2D eigenvalue weighted by Gasteiger charge is -2.18. The second kappa shape index (κ2) is 9.83. The number of fused-ring (bicyclic) bond motifs is 1. The molecule has 1 saturated heterocycles. The van der Waals surface area contributed by atoms with Crippen LogP contribution in [0.1, 0.15) is 38.1 Å². The number of amides is 1. The van der Waals surface area contributed by atoms with Crippen LogP contribution in [0.3, 0.4) is 0 Å². The SMILES string of the molecule is COc1cccc(OCCCn2c(C(C)NC(=O)C3CCCO3)nc3ccccc32)c1. The Labute approximate surface area is 182 Å². The van der Waals surface area contributed by atoms with Gasteiger partial charge in [0.15, 0.2) is 0 Å². The zero-order valence-corrected chi connectivity index (χ0v) is 18.0. The highest BCUT2D eigenvalue weighted by Gasteiger charge is 2.26. The molecule has 0 spiro atoms. The van der Waals surface area contributed by atoms with Gasteiger partial charge in [-0.15, -0.1) is 0 Å². The first-order chi connectivity index (χ1) is 15.2. The predicted octanol–water partition coefficient (Wildman–Crippen LogP) is 3.87. The number of ether oxygens (including phenoxy) is 3. The van der Waals surface area contributed by atoms with Gasteiger partial charge in [0.2, 0.25) is 5.91 Å². The van der Waals surface area contributed by atoms with Crippen molar-refractivity contribution in [2.24, 2.45) is 0 Å². The molecule has 1 aliphatic rings. The number of hydrogen-bond donors (Lipinski definition) is 1. The largest absolute Gasteiger partial charge is 0.497 e. The zero-order valence-electron chi connectivity index (χ0n) is 18.0. The highest BCUT2D eigenvalue weighted by molar-refractivity contribution is 5.81. The first-order valence-electron chi connectivity index (χ1n) is 10.8. The minimum absolute atomic E-state index is 0.0648. The molecule has 1 amide bonds. The summed E-state index contributed by atoms with van der Waals surface area (Å²) < 4.78 is 18.8. The van der Waals surface area contributed by atoms with E-state index in [0.717, 1.165) is 54.2 Å². The molecule has 2 unspecified atom stereocenters. The molecule has 0 aliphatic carbocycles. The molecule has 31 heavy (non-hydrogen) atoms. The molecule has 7 heteroatoms. The average molecular weight is 424 g/mol. The van der Waals surface area contributed by atoms with Gasteiger partial charge in [-0.3, -0.25) is 4.79 Å². The molecule has 3 aromatic rings. The van der Waals surface area contributed by atoms with Crippen LogP contribution in [-0.4, -0.2) is 41.9 Å². The van der Waals surface area contributed by atoms with Crippen LogP contribution >= 0.6 is 0 Å². The second-order valence-corrected chi connectivity index (χ2v) is 7.72. The first kappa shape index (κ1) is 21.2. The van der Waals surface area contributed by atoms with Crippen molar-refractivity contribution in [2.75, 3.05) is 20.3 Å². The van der Waals surface area contributed by atoms with Gasteiger partial charge >= 0.3 is 0 Å². The Hall–Kier alpha value is -3.06. The van der Waals surface area contributed by atoms with Gasteiger partial charge in [-0.25, -0.2) is 4.98 Å². The number of nitrogens with zero attached hydrogens (tertiary/aromatic N) is 2. The van der Waals surface area contributed by atoms with Crippen molar-refractivity contribution in [1.82, 2.24) is 14.9 Å². The molecule has 2 heterocycles. The van der Waals surface area contributed by atoms with E-state index in [9.17, 15) is 4.79 Å². The fourth-order valence-corrected chi connectivity index (χ4v) is 3.92. The van der Waals surface area contributed by atoms with Crippen LogP contribution in [0.2, 0.25) is 0 Å². The Morgan fingerprint density at radius 2 is 2.10 bits per heavy atom. The molecule has 2 aromatic carbocycles. The summed E-state index contributed by atoms with van der Waals surface area (Å²) in [5.74, 6) is 2.34. The summed E-state index contributed by atoms with van der Waals surface area (Å²) >= 11 is 0. The highest BCUT2D eigenvalue weighted by atomic mass is 16.5. The van der Waals surface area contributed by atoms with E-state index in [1.807, 2.05) is 49.4 Å². The van der Waals surface area contributed by atoms with E-state index in [2.05, 4.69) is 16.0 Å². The number of methoxy groups -OCH3 is 1. The quantitative estimate of drug-likeness (QED) is 0.529. The molecule has 7 nitrogen and oxygen atoms in total. The Kier molecular flexibility index (Phi) is 6.72. The van der Waals surface area contributed by atoms with Gasteiger partial charge < -0.3 is 24.1 Å². The third-order valence-corrected chi connectivity index (χ3v) is 5.49. The van der Waals surface area contributed by atoms with Crippen molar-refractivity contribution in [3.8, 4) is 11.5 Å². The zero-order chi connectivity index (χ0) is 21.6. The first-order valence-corrected chi connectivity index (χ1v) is 10.8. The van der Waals surface area contributed by atoms with Gasteiger partial charge in [-0.05, 0) is 50.5 Å². The van der Waals surface area contributed by atoms with Gasteiger partial charge in [0.1, 0.15) is 23.4 Å². The number of imidazole rings is 1. The lowest BCUT2D eigenvalue weighted by Crippen LogP contribution is -2.36. The fourth-order valence-electron chi connectivity index (χ4n) is 3.92. The van der Waals surface area contributed by atoms with Gasteiger partial charge in [-0.2, -0.15) is 0 Å². The Bertz CT molecular complexity index is 1030. The summed E-state index contributed by atoms with van der Waals surface area (Å²) in [6.07, 6.45) is 2.16. The van der Waals surface area contributed by atoms with E-state index in [0.29, 0.717) is 13.2 Å². The fraction of sp³-hybridized carbons (Fsp3) is 0.417. The Morgan fingerprint density at radius 1 is 1.26 bits per heavy atom. The number of aromatic nitrogens is 2. The van der Waals surface area contributed by atoms with E-state index in [-0.39, 0.29) is 18.1 Å². The summed E-state index contributed by atoms with van der Waals surface area (Å²) in [5.41, 5.74) is 1.97. The Morgan fingerprint density at radius 3 is 2.90 bits per heavy atom. The minimum atomic E-state index is -0.350. The smallest absolute Gasteiger partial charge is 0.249 e. The third kappa shape index (κ3) is 4.99. The van der Waals surface area contributed by atoms with Crippen LogP contribution in [0, 0.1) is 0 Å². The van der Waals surface area contributed by atoms with Gasteiger partial charge in [0.05, 0.1) is 30.8 Å². The monoisotopic (exact) mass is 423 g/mol. The molecule has 4 rings (SSSR count). The van der Waals surface area contributed by atoms with Crippen molar-refractivity contribution >= 4 is 16.9 Å². The number of hydrogen-bond acceptors (Lipinski definition) is 5. The summed E-state index contributed by atoms with van der Waals surface area (Å²) in [5, 5.41) is 3.08. The van der Waals surface area contributed by atoms with E-state index >= 15 is 0 Å². The number of nitrogens with one attached hydrogen (secondary N) is 1. The molecule has 1 aromatic heterocycles. The van der Waals surface area contributed by atoms with Crippen LogP contribution < -0.4 is 14.8 Å². The lowest BCUT2D eigenvalue weighted by atomic mass is 10.2. The number of carbonyl (C=O) groups is 1. The molecule has 0 radical (unpaired) electrons. The number of carbonyl (C=O) groups excluding carboxylic acids is 1. The molecular weight excluding hydrogens is 394 g/mol. The van der Waals surface area contributed by atoms with Gasteiger partial charge in [0.25, 0.3) is 0 Å². The van der Waals surface area contributed by atoms with Crippen LogP contribution in [0.15, 0.2) is 48.5 Å². The van der Waals surface area contributed by atoms with Crippen molar-refractivity contribution < 1.29 is 19.0 Å². The van der Waals surface area contributed by atoms with Gasteiger partial charge in [0, 0.05) is 19.2 Å². The molecule has 1 aliphatic heterocycles. The van der Waals surface area contributed by atoms with E-state index in [1.54, 1.807) is 7.11 Å². The summed E-state index contributed by atoms with van der Waals surface area (Å²) in [6, 6.07) is 15.4. The molecule has 0 saturated carbocycles. The molecule has 1 fully saturated rings. The summed E-state index contributed by atoms with van der Waals surface area (Å²) in [4.78, 5) is 17.3. The third-order valence-electron chi connectivity index (χ3n) is 5.49. The van der Waals surface area contributed by atoms with E-state index < -0.39 is 0 Å².